The smallest absolute Gasteiger partial charge is 0.411 e. The Bertz CT molecular complexity index is 601. The Kier molecular flexibility index (Phi) is 3.84. The first kappa shape index (κ1) is 13.4. The van der Waals surface area contributed by atoms with E-state index in [4.69, 9.17) is 15.9 Å². The molecule has 0 unspecified atom stereocenters. The second kappa shape index (κ2) is 5.14. The quantitative estimate of drug-likeness (QED) is 0.399. The van der Waals surface area contributed by atoms with Crippen LogP contribution in [0.2, 0.25) is 0 Å². The van der Waals surface area contributed by atoms with Gasteiger partial charge in [-0.25, -0.2) is 9.59 Å². The van der Waals surface area contributed by atoms with Crippen LogP contribution >= 0.6 is 0 Å². The summed E-state index contributed by atoms with van der Waals surface area (Å²) in [5.41, 5.74) is 2.71. The molecule has 1 rings (SSSR count). The minimum atomic E-state index is -1.67. The van der Waals surface area contributed by atoms with Gasteiger partial charge in [0.25, 0.3) is 11.5 Å². The fourth-order valence-corrected chi connectivity index (χ4v) is 1.29. The Morgan fingerprint density at radius 1 is 1.39 bits per heavy atom. The normalized spacial score (nSPS) is 10.1. The van der Waals surface area contributed by atoms with Gasteiger partial charge in [-0.2, -0.15) is 0 Å². The first-order valence-corrected chi connectivity index (χ1v) is 4.66. The molecule has 1 aromatic rings. The highest BCUT2D eigenvalue weighted by atomic mass is 16.4. The molecule has 10 nitrogen and oxygen atoms in total. The van der Waals surface area contributed by atoms with Crippen LogP contribution in [0.5, 0.6) is 0 Å². The molecule has 0 saturated carbocycles. The maximum Gasteiger partial charge on any atom is 0.411 e. The van der Waals surface area contributed by atoms with Gasteiger partial charge in [0.15, 0.2) is 0 Å². The molecular weight excluding hydrogens is 248 g/mol. The molecule has 1 heterocycles. The predicted octanol–water partition coefficient (Wildman–Crippen LogP) is -2.48. The number of hydrogen-bond acceptors (Lipinski definition) is 6. The van der Waals surface area contributed by atoms with Crippen LogP contribution in [0.3, 0.4) is 0 Å². The fourth-order valence-electron chi connectivity index (χ4n) is 1.29. The number of carbonyl (C=O) groups is 2. The molecule has 0 fully saturated rings. The van der Waals surface area contributed by atoms with Crippen LogP contribution in [0.1, 0.15) is 10.4 Å². The first-order chi connectivity index (χ1) is 8.38. The Morgan fingerprint density at radius 2 is 2.00 bits per heavy atom. The highest BCUT2D eigenvalue weighted by Gasteiger charge is 2.20. The zero-order chi connectivity index (χ0) is 13.9. The minimum absolute atomic E-state index is 0.241. The van der Waals surface area contributed by atoms with Crippen molar-refractivity contribution >= 4 is 17.8 Å². The summed E-state index contributed by atoms with van der Waals surface area (Å²) in [5.74, 6) is -1.77. The SMILES string of the molecule is Nc1c(C(=O)NC(=O)O)c(=O)[nH]c(=O)n1CCO. The minimum Gasteiger partial charge on any atom is -0.465 e. The third-order valence-electron chi connectivity index (χ3n) is 2.01. The molecule has 0 radical (unpaired) electrons. The standard InChI is InChI=1S/C8H10N4O6/c9-4-3(6(15)11-8(17)18)5(14)10-7(16)12(4)1-2-13/h13H,1-2,9H2,(H,11,15)(H,17,18)(H,10,14,16). The highest BCUT2D eigenvalue weighted by molar-refractivity contribution is 6.04. The van der Waals surface area contributed by atoms with Crippen LogP contribution in [0, 0.1) is 0 Å². The van der Waals surface area contributed by atoms with Crippen LogP contribution < -0.4 is 22.3 Å². The van der Waals surface area contributed by atoms with Crippen molar-refractivity contribution in [3.05, 3.63) is 26.4 Å². The molecule has 0 spiro atoms. The second-order valence-electron chi connectivity index (χ2n) is 3.15. The zero-order valence-electron chi connectivity index (χ0n) is 8.97. The Labute approximate surface area is 98.7 Å². The van der Waals surface area contributed by atoms with Crippen molar-refractivity contribution in [2.45, 2.75) is 6.54 Å². The van der Waals surface area contributed by atoms with Gasteiger partial charge in [0.1, 0.15) is 11.4 Å². The molecule has 0 bridgehead atoms. The summed E-state index contributed by atoms with van der Waals surface area (Å²) in [7, 11) is 0. The maximum absolute atomic E-state index is 11.4. The molecule has 10 heteroatoms. The monoisotopic (exact) mass is 258 g/mol. The number of hydrogen-bond donors (Lipinski definition) is 5. The van der Waals surface area contributed by atoms with E-state index in [1.54, 1.807) is 4.98 Å². The lowest BCUT2D eigenvalue weighted by atomic mass is 10.2. The van der Waals surface area contributed by atoms with Crippen molar-refractivity contribution in [2.24, 2.45) is 0 Å². The van der Waals surface area contributed by atoms with E-state index in [-0.39, 0.29) is 6.54 Å². The Morgan fingerprint density at radius 3 is 2.50 bits per heavy atom. The lowest BCUT2D eigenvalue weighted by Crippen LogP contribution is -2.41. The Balaban J connectivity index is 3.40. The number of nitrogens with two attached hydrogens (primary N) is 1. The van der Waals surface area contributed by atoms with Crippen molar-refractivity contribution in [3.63, 3.8) is 0 Å². The lowest BCUT2D eigenvalue weighted by Gasteiger charge is -2.10. The van der Waals surface area contributed by atoms with Gasteiger partial charge >= 0.3 is 11.8 Å². The number of carbonyl (C=O) groups excluding carboxylic acids is 1. The molecule has 6 N–H and O–H groups in total. The van der Waals surface area contributed by atoms with E-state index in [0.717, 1.165) is 4.57 Å². The van der Waals surface area contributed by atoms with E-state index in [1.165, 1.54) is 5.32 Å². The summed E-state index contributed by atoms with van der Waals surface area (Å²) >= 11 is 0. The molecule has 0 saturated heterocycles. The highest BCUT2D eigenvalue weighted by Crippen LogP contribution is 2.03. The van der Waals surface area contributed by atoms with Crippen molar-refractivity contribution in [2.75, 3.05) is 12.3 Å². The number of nitrogen functional groups attached to an aromatic ring is 1. The van der Waals surface area contributed by atoms with Crippen LogP contribution in [-0.4, -0.2) is 38.4 Å². The van der Waals surface area contributed by atoms with E-state index in [1.807, 2.05) is 0 Å². The number of anilines is 1. The summed E-state index contributed by atoms with van der Waals surface area (Å²) in [6, 6.07) is 0. The van der Waals surface area contributed by atoms with Crippen molar-refractivity contribution in [3.8, 4) is 0 Å². The number of aromatic nitrogens is 2. The summed E-state index contributed by atoms with van der Waals surface area (Å²) in [4.78, 5) is 46.2. The predicted molar refractivity (Wildman–Crippen MR) is 58.3 cm³/mol. The number of imide groups is 1. The lowest BCUT2D eigenvalue weighted by molar-refractivity contribution is 0.0946. The topological polar surface area (TPSA) is 168 Å². The molecule has 98 valence electrons. The van der Waals surface area contributed by atoms with E-state index >= 15 is 0 Å². The van der Waals surface area contributed by atoms with E-state index in [0.29, 0.717) is 0 Å². The number of aliphatic hydroxyl groups is 1. The summed E-state index contributed by atoms with van der Waals surface area (Å²) in [6.45, 7) is -0.690. The van der Waals surface area contributed by atoms with E-state index < -0.39 is 41.2 Å². The molecule has 0 atom stereocenters. The van der Waals surface area contributed by atoms with Gasteiger partial charge in [0.2, 0.25) is 0 Å². The number of carboxylic acid groups (broad SMARTS) is 1. The first-order valence-electron chi connectivity index (χ1n) is 4.66. The number of nitrogens with one attached hydrogen (secondary N) is 2. The van der Waals surface area contributed by atoms with E-state index in [9.17, 15) is 19.2 Å². The molecule has 0 aliphatic carbocycles. The van der Waals surface area contributed by atoms with Crippen LogP contribution in [0.4, 0.5) is 10.6 Å². The molecule has 0 aliphatic heterocycles. The van der Waals surface area contributed by atoms with Gasteiger partial charge in [-0.1, -0.05) is 0 Å². The van der Waals surface area contributed by atoms with Gasteiger partial charge in [0.05, 0.1) is 13.2 Å². The van der Waals surface area contributed by atoms with Crippen LogP contribution in [0.25, 0.3) is 0 Å². The van der Waals surface area contributed by atoms with Gasteiger partial charge in [-0.3, -0.25) is 24.5 Å². The second-order valence-corrected chi connectivity index (χ2v) is 3.15. The summed E-state index contributed by atoms with van der Waals surface area (Å²) < 4.78 is 0.748. The molecule has 0 aromatic carbocycles. The number of H-pyrrole nitrogens is 1. The number of aliphatic hydroxyl groups excluding tert-OH is 1. The Hall–Kier alpha value is -2.62. The summed E-state index contributed by atoms with van der Waals surface area (Å²) in [5, 5.41) is 18.5. The van der Waals surface area contributed by atoms with Crippen LogP contribution in [-0.2, 0) is 6.54 Å². The van der Waals surface area contributed by atoms with Gasteiger partial charge in [-0.05, 0) is 0 Å². The number of nitrogens with zero attached hydrogens (tertiary/aromatic N) is 1. The average molecular weight is 258 g/mol. The van der Waals surface area contributed by atoms with Crippen LogP contribution in [0.15, 0.2) is 9.59 Å². The number of amides is 2. The zero-order valence-corrected chi connectivity index (χ0v) is 8.97. The van der Waals surface area contributed by atoms with E-state index in [2.05, 4.69) is 0 Å². The molecule has 0 aliphatic rings. The van der Waals surface area contributed by atoms with Gasteiger partial charge in [0, 0.05) is 0 Å². The maximum atomic E-state index is 11.4. The largest absolute Gasteiger partial charge is 0.465 e. The molecule has 1 aromatic heterocycles. The molecule has 18 heavy (non-hydrogen) atoms. The molecule has 2 amide bonds. The van der Waals surface area contributed by atoms with Crippen molar-refractivity contribution in [1.82, 2.24) is 14.9 Å². The average Bonchev–Trinajstić information content (AvgIpc) is 2.22. The number of rotatable bonds is 3. The van der Waals surface area contributed by atoms with Crippen molar-refractivity contribution < 1.29 is 19.8 Å². The van der Waals surface area contributed by atoms with Gasteiger partial charge in [-0.15, -0.1) is 0 Å². The summed E-state index contributed by atoms with van der Waals surface area (Å²) in [6.07, 6.45) is -1.67. The third kappa shape index (κ3) is 2.55. The molecular formula is C8H10N4O6. The van der Waals surface area contributed by atoms with Gasteiger partial charge < -0.3 is 15.9 Å². The third-order valence-corrected chi connectivity index (χ3v) is 2.01. The fraction of sp³-hybridized carbons (Fsp3) is 0.250. The number of aromatic amines is 1. The van der Waals surface area contributed by atoms with Crippen molar-refractivity contribution in [1.29, 1.82) is 0 Å².